The molecule has 0 aromatic heterocycles. The summed E-state index contributed by atoms with van der Waals surface area (Å²) in [4.78, 5) is 14.6. The van der Waals surface area contributed by atoms with Crippen molar-refractivity contribution in [2.45, 2.75) is 44.8 Å². The Bertz CT molecular complexity index is 830. The van der Waals surface area contributed by atoms with Gasteiger partial charge in [-0.05, 0) is 56.0 Å². The number of benzene rings is 2. The van der Waals surface area contributed by atoms with Crippen molar-refractivity contribution in [3.8, 4) is 0 Å². The second kappa shape index (κ2) is 6.34. The molecule has 1 N–H and O–H groups in total. The number of rotatable bonds is 1. The van der Waals surface area contributed by atoms with Gasteiger partial charge in [0.15, 0.2) is 0 Å². The Kier molecular flexibility index (Phi) is 4.46. The van der Waals surface area contributed by atoms with E-state index in [1.807, 2.05) is 38.1 Å². The number of hydrogen-bond donors (Lipinski definition) is 1. The van der Waals surface area contributed by atoms with Gasteiger partial charge in [0.2, 0.25) is 0 Å². The van der Waals surface area contributed by atoms with Crippen molar-refractivity contribution < 1.29 is 18.0 Å². The highest BCUT2D eigenvalue weighted by molar-refractivity contribution is 6.03. The van der Waals surface area contributed by atoms with Crippen LogP contribution in [0.3, 0.4) is 0 Å². The summed E-state index contributed by atoms with van der Waals surface area (Å²) < 4.78 is 38.7. The second-order valence-corrected chi connectivity index (χ2v) is 7.32. The predicted octanol–water partition coefficient (Wildman–Crippen LogP) is 6.03. The zero-order chi connectivity index (χ0) is 19.1. The van der Waals surface area contributed by atoms with Crippen LogP contribution in [0.1, 0.15) is 44.2 Å². The fourth-order valence-corrected chi connectivity index (χ4v) is 3.72. The molecule has 3 nitrogen and oxygen atoms in total. The summed E-state index contributed by atoms with van der Waals surface area (Å²) in [5.74, 6) is 0.291. The molecule has 0 spiro atoms. The van der Waals surface area contributed by atoms with E-state index in [1.54, 1.807) is 4.90 Å². The molecule has 1 heterocycles. The highest BCUT2D eigenvalue weighted by Gasteiger charge is 2.40. The number of halogens is 3. The summed E-state index contributed by atoms with van der Waals surface area (Å²) in [5, 5.41) is 2.62. The first-order chi connectivity index (χ1) is 12.1. The molecule has 2 aromatic rings. The summed E-state index contributed by atoms with van der Waals surface area (Å²) in [7, 11) is 0. The Balaban J connectivity index is 1.93. The quantitative estimate of drug-likeness (QED) is 0.660. The molecule has 2 aromatic carbocycles. The van der Waals surface area contributed by atoms with Crippen LogP contribution in [-0.4, -0.2) is 11.6 Å². The van der Waals surface area contributed by atoms with Gasteiger partial charge in [-0.25, -0.2) is 4.79 Å². The Morgan fingerprint density at radius 3 is 2.54 bits per heavy atom. The van der Waals surface area contributed by atoms with Gasteiger partial charge < -0.3 is 5.32 Å². The predicted molar refractivity (Wildman–Crippen MR) is 96.5 cm³/mol. The second-order valence-electron chi connectivity index (χ2n) is 7.32. The number of carbonyl (C=O) groups excluding carboxylic acids is 1. The Morgan fingerprint density at radius 1 is 1.15 bits per heavy atom. The average Bonchev–Trinajstić information content (AvgIpc) is 2.53. The molecule has 6 heteroatoms. The molecule has 1 atom stereocenters. The lowest BCUT2D eigenvalue weighted by atomic mass is 9.80. The fraction of sp³-hybridized carbons (Fsp3) is 0.350. The average molecular weight is 362 g/mol. The lowest BCUT2D eigenvalue weighted by molar-refractivity contribution is -0.137. The van der Waals surface area contributed by atoms with Crippen LogP contribution in [0.5, 0.6) is 0 Å². The Morgan fingerprint density at radius 2 is 1.85 bits per heavy atom. The lowest BCUT2D eigenvalue weighted by Crippen LogP contribution is -2.53. The highest BCUT2D eigenvalue weighted by Crippen LogP contribution is 2.43. The molecule has 0 aliphatic carbocycles. The van der Waals surface area contributed by atoms with E-state index in [1.165, 1.54) is 12.1 Å². The lowest BCUT2D eigenvalue weighted by Gasteiger charge is -2.45. The standard InChI is InChI=1S/C20H21F3N2O/c1-13-12-19(2,3)25(17-10-5-4-9-16(13)17)18(26)24-15-8-6-7-14(11-15)20(21,22)23/h4-11,13H,12H2,1-3H3,(H,24,26)/t13-/m0/s1. The number of anilines is 2. The van der Waals surface area contributed by atoms with Gasteiger partial charge in [0, 0.05) is 16.9 Å². The molecule has 0 saturated carbocycles. The van der Waals surface area contributed by atoms with Crippen molar-refractivity contribution in [2.75, 3.05) is 10.2 Å². The fourth-order valence-electron chi connectivity index (χ4n) is 3.72. The monoisotopic (exact) mass is 362 g/mol. The van der Waals surface area contributed by atoms with Crippen LogP contribution in [0.4, 0.5) is 29.3 Å². The van der Waals surface area contributed by atoms with Crippen molar-refractivity contribution in [3.63, 3.8) is 0 Å². The summed E-state index contributed by atoms with van der Waals surface area (Å²) in [6.07, 6.45) is -3.69. The molecule has 26 heavy (non-hydrogen) atoms. The number of carbonyl (C=O) groups is 1. The van der Waals surface area contributed by atoms with E-state index in [-0.39, 0.29) is 5.69 Å². The van der Waals surface area contributed by atoms with Gasteiger partial charge in [0.25, 0.3) is 0 Å². The Labute approximate surface area is 150 Å². The normalized spacial score (nSPS) is 19.0. The number of nitrogens with one attached hydrogen (secondary N) is 1. The number of hydrogen-bond acceptors (Lipinski definition) is 1. The maximum Gasteiger partial charge on any atom is 0.416 e. The van der Waals surface area contributed by atoms with Gasteiger partial charge in [-0.2, -0.15) is 13.2 Å². The van der Waals surface area contributed by atoms with E-state index >= 15 is 0 Å². The van der Waals surface area contributed by atoms with Crippen molar-refractivity contribution in [3.05, 3.63) is 59.7 Å². The van der Waals surface area contributed by atoms with Crippen LogP contribution in [0, 0.1) is 0 Å². The van der Waals surface area contributed by atoms with Crippen LogP contribution in [0.15, 0.2) is 48.5 Å². The number of fused-ring (bicyclic) bond motifs is 1. The summed E-state index contributed by atoms with van der Waals surface area (Å²) in [5.41, 5.74) is 0.727. The first-order valence-electron chi connectivity index (χ1n) is 8.47. The van der Waals surface area contributed by atoms with Gasteiger partial charge in [0.05, 0.1) is 5.56 Å². The van der Waals surface area contributed by atoms with E-state index in [2.05, 4.69) is 12.2 Å². The van der Waals surface area contributed by atoms with Gasteiger partial charge in [-0.15, -0.1) is 0 Å². The first-order valence-corrected chi connectivity index (χ1v) is 8.47. The Hall–Kier alpha value is -2.50. The number of urea groups is 1. The molecular formula is C20H21F3N2O. The highest BCUT2D eigenvalue weighted by atomic mass is 19.4. The third kappa shape index (κ3) is 3.41. The number of nitrogens with zero attached hydrogens (tertiary/aromatic N) is 1. The molecular weight excluding hydrogens is 341 g/mol. The largest absolute Gasteiger partial charge is 0.416 e. The van der Waals surface area contributed by atoms with Gasteiger partial charge in [-0.3, -0.25) is 4.90 Å². The molecule has 1 aliphatic heterocycles. The van der Waals surface area contributed by atoms with Crippen molar-refractivity contribution >= 4 is 17.4 Å². The van der Waals surface area contributed by atoms with Gasteiger partial charge in [-0.1, -0.05) is 31.2 Å². The zero-order valence-corrected chi connectivity index (χ0v) is 14.9. The van der Waals surface area contributed by atoms with Crippen LogP contribution in [-0.2, 0) is 6.18 Å². The molecule has 0 fully saturated rings. The van der Waals surface area contributed by atoms with Crippen LogP contribution in [0.2, 0.25) is 0 Å². The number of alkyl halides is 3. The molecule has 2 amide bonds. The molecule has 3 rings (SSSR count). The van der Waals surface area contributed by atoms with E-state index in [4.69, 9.17) is 0 Å². The summed E-state index contributed by atoms with van der Waals surface area (Å²) >= 11 is 0. The number of para-hydroxylation sites is 1. The maximum absolute atomic E-state index is 12.9. The van der Waals surface area contributed by atoms with Crippen molar-refractivity contribution in [2.24, 2.45) is 0 Å². The third-order valence-corrected chi connectivity index (χ3v) is 4.76. The molecule has 0 radical (unpaired) electrons. The maximum atomic E-state index is 12.9. The van der Waals surface area contributed by atoms with E-state index < -0.39 is 23.3 Å². The first kappa shape index (κ1) is 18.3. The third-order valence-electron chi connectivity index (χ3n) is 4.76. The van der Waals surface area contributed by atoms with Gasteiger partial charge in [0.1, 0.15) is 0 Å². The number of amides is 2. The van der Waals surface area contributed by atoms with E-state index in [0.717, 1.165) is 29.8 Å². The molecule has 0 unspecified atom stereocenters. The van der Waals surface area contributed by atoms with E-state index in [9.17, 15) is 18.0 Å². The minimum absolute atomic E-state index is 0.122. The van der Waals surface area contributed by atoms with Gasteiger partial charge >= 0.3 is 12.2 Å². The molecule has 138 valence electrons. The zero-order valence-electron chi connectivity index (χ0n) is 14.9. The molecule has 0 bridgehead atoms. The van der Waals surface area contributed by atoms with Crippen LogP contribution >= 0.6 is 0 Å². The van der Waals surface area contributed by atoms with Crippen molar-refractivity contribution in [1.29, 1.82) is 0 Å². The SMILES string of the molecule is C[C@H]1CC(C)(C)N(C(=O)Nc2cccc(C(F)(F)F)c2)c2ccccc21. The molecule has 1 aliphatic rings. The van der Waals surface area contributed by atoms with Crippen molar-refractivity contribution in [1.82, 2.24) is 0 Å². The summed E-state index contributed by atoms with van der Waals surface area (Å²) in [6, 6.07) is 11.9. The molecule has 0 saturated heterocycles. The minimum Gasteiger partial charge on any atom is -0.308 e. The minimum atomic E-state index is -4.45. The van der Waals surface area contributed by atoms with Crippen LogP contribution in [0.25, 0.3) is 0 Å². The summed E-state index contributed by atoms with van der Waals surface area (Å²) in [6.45, 7) is 6.04. The van der Waals surface area contributed by atoms with Crippen LogP contribution < -0.4 is 10.2 Å². The van der Waals surface area contributed by atoms with E-state index in [0.29, 0.717) is 5.92 Å². The smallest absolute Gasteiger partial charge is 0.308 e. The topological polar surface area (TPSA) is 32.3 Å².